The number of oxime groups is 1. The van der Waals surface area contributed by atoms with Gasteiger partial charge in [-0.1, -0.05) is 17.3 Å². The smallest absolute Gasteiger partial charge is 0.409 e. The van der Waals surface area contributed by atoms with Crippen molar-refractivity contribution >= 4 is 21.8 Å². The van der Waals surface area contributed by atoms with Crippen LogP contribution < -0.4 is 5.73 Å². The van der Waals surface area contributed by atoms with E-state index in [4.69, 9.17) is 10.9 Å². The van der Waals surface area contributed by atoms with E-state index in [0.717, 1.165) is 12.1 Å². The fourth-order valence-corrected chi connectivity index (χ4v) is 1.90. The average Bonchev–Trinajstić information content (AvgIpc) is 2.45. The molecule has 9 heteroatoms. The molecule has 0 fully saturated rings. The predicted molar refractivity (Wildman–Crippen MR) is 72.7 cm³/mol. The molecule has 0 spiro atoms. The van der Waals surface area contributed by atoms with Gasteiger partial charge in [-0.25, -0.2) is 9.97 Å². The van der Waals surface area contributed by atoms with E-state index >= 15 is 0 Å². The molecule has 0 bridgehead atoms. The van der Waals surface area contributed by atoms with Crippen LogP contribution in [0.4, 0.5) is 13.2 Å². The van der Waals surface area contributed by atoms with Crippen molar-refractivity contribution < 1.29 is 18.4 Å². The molecule has 0 radical (unpaired) electrons. The highest BCUT2D eigenvalue weighted by atomic mass is 79.9. The molecule has 0 aliphatic heterocycles. The molecule has 0 amide bonds. The third-order valence-corrected chi connectivity index (χ3v) is 2.96. The first kappa shape index (κ1) is 15.2. The maximum absolute atomic E-state index is 12.5. The van der Waals surface area contributed by atoms with Gasteiger partial charge in [0.1, 0.15) is 16.0 Å². The molecule has 5 nitrogen and oxygen atoms in total. The minimum Gasteiger partial charge on any atom is -0.409 e. The van der Waals surface area contributed by atoms with Crippen LogP contribution in [-0.2, 0) is 6.18 Å². The topological polar surface area (TPSA) is 84.4 Å². The van der Waals surface area contributed by atoms with E-state index in [1.165, 1.54) is 18.3 Å². The van der Waals surface area contributed by atoms with Crippen LogP contribution in [0.5, 0.6) is 0 Å². The van der Waals surface area contributed by atoms with Gasteiger partial charge in [-0.05, 0) is 28.1 Å². The molecular formula is C12H8BrF3N4O. The van der Waals surface area contributed by atoms with Crippen LogP contribution in [0.2, 0.25) is 0 Å². The van der Waals surface area contributed by atoms with Crippen molar-refractivity contribution in [2.75, 3.05) is 0 Å². The number of nitrogens with zero attached hydrogens (tertiary/aromatic N) is 3. The predicted octanol–water partition coefficient (Wildman–Crippen LogP) is 3.02. The maximum atomic E-state index is 12.5. The molecule has 0 aliphatic carbocycles. The molecule has 21 heavy (non-hydrogen) atoms. The second-order valence-electron chi connectivity index (χ2n) is 3.95. The number of alkyl halides is 3. The summed E-state index contributed by atoms with van der Waals surface area (Å²) in [4.78, 5) is 8.05. The SMILES string of the molecule is NC(=NO)c1ncc(Br)nc1-c1ccc(C(F)(F)F)cc1. The Morgan fingerprint density at radius 2 is 1.86 bits per heavy atom. The number of benzene rings is 1. The van der Waals surface area contributed by atoms with Gasteiger partial charge in [-0.15, -0.1) is 0 Å². The van der Waals surface area contributed by atoms with Crippen molar-refractivity contribution in [2.24, 2.45) is 10.9 Å². The first-order valence-corrected chi connectivity index (χ1v) is 6.30. The van der Waals surface area contributed by atoms with Crippen LogP contribution in [0.1, 0.15) is 11.3 Å². The lowest BCUT2D eigenvalue weighted by atomic mass is 10.1. The number of aromatic nitrogens is 2. The zero-order chi connectivity index (χ0) is 15.6. The van der Waals surface area contributed by atoms with Crippen molar-refractivity contribution in [1.82, 2.24) is 9.97 Å². The summed E-state index contributed by atoms with van der Waals surface area (Å²) in [6.45, 7) is 0. The lowest BCUT2D eigenvalue weighted by Crippen LogP contribution is -2.17. The van der Waals surface area contributed by atoms with Crippen LogP contribution in [0.25, 0.3) is 11.3 Å². The van der Waals surface area contributed by atoms with Gasteiger partial charge in [0.15, 0.2) is 5.84 Å². The molecule has 1 heterocycles. The Kier molecular flexibility index (Phi) is 4.12. The highest BCUT2D eigenvalue weighted by Crippen LogP contribution is 2.31. The Morgan fingerprint density at radius 3 is 2.38 bits per heavy atom. The summed E-state index contributed by atoms with van der Waals surface area (Å²) in [6.07, 6.45) is -3.09. The maximum Gasteiger partial charge on any atom is 0.416 e. The van der Waals surface area contributed by atoms with E-state index in [2.05, 4.69) is 31.1 Å². The Bertz CT molecular complexity index is 686. The fourth-order valence-electron chi connectivity index (χ4n) is 1.62. The average molecular weight is 361 g/mol. The molecule has 1 aromatic carbocycles. The molecule has 2 aromatic rings. The lowest BCUT2D eigenvalue weighted by Gasteiger charge is -2.09. The van der Waals surface area contributed by atoms with Gasteiger partial charge in [0.05, 0.1) is 11.8 Å². The van der Waals surface area contributed by atoms with Crippen molar-refractivity contribution in [2.45, 2.75) is 6.18 Å². The number of halogens is 4. The second-order valence-corrected chi connectivity index (χ2v) is 4.76. The van der Waals surface area contributed by atoms with Gasteiger partial charge in [-0.2, -0.15) is 13.2 Å². The number of amidine groups is 1. The number of hydrogen-bond donors (Lipinski definition) is 2. The summed E-state index contributed by atoms with van der Waals surface area (Å²) >= 11 is 3.11. The number of rotatable bonds is 2. The van der Waals surface area contributed by atoms with E-state index < -0.39 is 11.7 Å². The zero-order valence-corrected chi connectivity index (χ0v) is 11.9. The minimum atomic E-state index is -4.42. The first-order valence-electron chi connectivity index (χ1n) is 5.51. The van der Waals surface area contributed by atoms with Crippen molar-refractivity contribution in [3.05, 3.63) is 46.3 Å². The van der Waals surface area contributed by atoms with Crippen LogP contribution >= 0.6 is 15.9 Å². The highest BCUT2D eigenvalue weighted by molar-refractivity contribution is 9.10. The van der Waals surface area contributed by atoms with Crippen LogP contribution in [0.15, 0.2) is 40.2 Å². The molecule has 0 unspecified atom stereocenters. The van der Waals surface area contributed by atoms with Gasteiger partial charge in [0.25, 0.3) is 0 Å². The quantitative estimate of drug-likeness (QED) is 0.373. The Labute approximate surface area is 125 Å². The summed E-state index contributed by atoms with van der Waals surface area (Å²) in [5.41, 5.74) is 5.34. The molecule has 3 N–H and O–H groups in total. The van der Waals surface area contributed by atoms with Crippen molar-refractivity contribution in [3.8, 4) is 11.3 Å². The molecule has 1 aromatic heterocycles. The van der Waals surface area contributed by atoms with E-state index in [1.807, 2.05) is 0 Å². The van der Waals surface area contributed by atoms with Crippen LogP contribution in [-0.4, -0.2) is 21.0 Å². The molecule has 0 aliphatic rings. The third kappa shape index (κ3) is 3.30. The Hall–Kier alpha value is -2.16. The fraction of sp³-hybridized carbons (Fsp3) is 0.0833. The second kappa shape index (κ2) is 5.68. The summed E-state index contributed by atoms with van der Waals surface area (Å²) in [7, 11) is 0. The van der Waals surface area contributed by atoms with Gasteiger partial charge < -0.3 is 10.9 Å². The highest BCUT2D eigenvalue weighted by Gasteiger charge is 2.30. The minimum absolute atomic E-state index is 0.0699. The standard InChI is InChI=1S/C12H8BrF3N4O/c13-8-5-18-10(11(17)20-21)9(19-8)6-1-3-7(4-2-6)12(14,15)16/h1-5,21H,(H2,17,20). The summed E-state index contributed by atoms with van der Waals surface area (Å²) < 4.78 is 38.0. The van der Waals surface area contributed by atoms with Crippen LogP contribution in [0.3, 0.4) is 0 Å². The molecule has 0 saturated carbocycles. The van der Waals surface area contributed by atoms with Crippen LogP contribution in [0, 0.1) is 0 Å². The van der Waals surface area contributed by atoms with Crippen molar-refractivity contribution in [3.63, 3.8) is 0 Å². The normalized spacial score (nSPS) is 12.5. The zero-order valence-electron chi connectivity index (χ0n) is 10.3. The number of nitrogens with two attached hydrogens (primary N) is 1. The van der Waals surface area contributed by atoms with Gasteiger partial charge in [-0.3, -0.25) is 0 Å². The molecule has 110 valence electrons. The Balaban J connectivity index is 2.54. The van der Waals surface area contributed by atoms with E-state index in [-0.39, 0.29) is 17.2 Å². The molecule has 0 atom stereocenters. The van der Waals surface area contributed by atoms with Gasteiger partial charge >= 0.3 is 6.18 Å². The largest absolute Gasteiger partial charge is 0.416 e. The third-order valence-electron chi connectivity index (χ3n) is 2.58. The summed E-state index contributed by atoms with van der Waals surface area (Å²) in [6, 6.07) is 4.34. The first-order chi connectivity index (χ1) is 9.82. The molecule has 0 saturated heterocycles. The molecule has 2 rings (SSSR count). The van der Waals surface area contributed by atoms with E-state index in [1.54, 1.807) is 0 Å². The Morgan fingerprint density at radius 1 is 1.24 bits per heavy atom. The van der Waals surface area contributed by atoms with Gasteiger partial charge in [0, 0.05) is 5.56 Å². The monoisotopic (exact) mass is 360 g/mol. The van der Waals surface area contributed by atoms with E-state index in [9.17, 15) is 13.2 Å². The van der Waals surface area contributed by atoms with Crippen molar-refractivity contribution in [1.29, 1.82) is 0 Å². The lowest BCUT2D eigenvalue weighted by molar-refractivity contribution is -0.137. The summed E-state index contributed by atoms with van der Waals surface area (Å²) in [5, 5.41) is 11.5. The number of hydrogen-bond acceptors (Lipinski definition) is 4. The van der Waals surface area contributed by atoms with E-state index in [0.29, 0.717) is 10.2 Å². The molecular weight excluding hydrogens is 353 g/mol. The van der Waals surface area contributed by atoms with Gasteiger partial charge in [0.2, 0.25) is 0 Å². The summed E-state index contributed by atoms with van der Waals surface area (Å²) in [5.74, 6) is -0.287.